The molecule has 0 heterocycles. The van der Waals surface area contributed by atoms with Crippen LogP contribution in [0.4, 0.5) is 4.79 Å². The zero-order valence-corrected chi connectivity index (χ0v) is 14.6. The molecule has 2 rings (SSSR count). The van der Waals surface area contributed by atoms with E-state index in [0.717, 1.165) is 25.9 Å². The standard InChI is InChI=1S/C19H30N2O2/c1-19(2,3)23-18(22)21-17-10-9-15(13-17)11-12-20-14-16-7-5-4-6-8-16/h4-8,15,17,20H,9-14H2,1-3H3,(H,21,22). The predicted molar refractivity (Wildman–Crippen MR) is 93.3 cm³/mol. The highest BCUT2D eigenvalue weighted by Gasteiger charge is 2.27. The lowest BCUT2D eigenvalue weighted by Gasteiger charge is -2.21. The van der Waals surface area contributed by atoms with E-state index < -0.39 is 5.60 Å². The predicted octanol–water partition coefficient (Wildman–Crippen LogP) is 3.86. The molecule has 1 amide bonds. The first-order valence-electron chi connectivity index (χ1n) is 8.66. The summed E-state index contributed by atoms with van der Waals surface area (Å²) < 4.78 is 5.32. The number of alkyl carbamates (subject to hydrolysis) is 1. The summed E-state index contributed by atoms with van der Waals surface area (Å²) in [6.45, 7) is 7.62. The van der Waals surface area contributed by atoms with Crippen molar-refractivity contribution in [2.45, 2.75) is 64.6 Å². The average Bonchev–Trinajstić information content (AvgIpc) is 2.90. The van der Waals surface area contributed by atoms with Gasteiger partial charge in [-0.1, -0.05) is 30.3 Å². The summed E-state index contributed by atoms with van der Waals surface area (Å²) in [5.74, 6) is 0.693. The molecule has 2 atom stereocenters. The van der Waals surface area contributed by atoms with Gasteiger partial charge in [-0.3, -0.25) is 0 Å². The Balaban J connectivity index is 1.59. The number of hydrogen-bond donors (Lipinski definition) is 2. The molecular formula is C19H30N2O2. The van der Waals surface area contributed by atoms with E-state index >= 15 is 0 Å². The van der Waals surface area contributed by atoms with Crippen molar-refractivity contribution in [1.29, 1.82) is 0 Å². The van der Waals surface area contributed by atoms with Gasteiger partial charge in [0.1, 0.15) is 5.60 Å². The number of benzene rings is 1. The van der Waals surface area contributed by atoms with Crippen LogP contribution < -0.4 is 10.6 Å². The van der Waals surface area contributed by atoms with Crippen LogP contribution in [0, 0.1) is 5.92 Å². The fraction of sp³-hybridized carbons (Fsp3) is 0.632. The van der Waals surface area contributed by atoms with Crippen LogP contribution in [0.1, 0.15) is 52.0 Å². The Kier molecular flexibility index (Phi) is 6.46. The van der Waals surface area contributed by atoms with E-state index in [9.17, 15) is 4.79 Å². The highest BCUT2D eigenvalue weighted by atomic mass is 16.6. The average molecular weight is 318 g/mol. The molecule has 1 aromatic carbocycles. The lowest BCUT2D eigenvalue weighted by Crippen LogP contribution is -2.38. The van der Waals surface area contributed by atoms with Gasteiger partial charge in [-0.05, 0) is 64.5 Å². The lowest BCUT2D eigenvalue weighted by molar-refractivity contribution is 0.0504. The Morgan fingerprint density at radius 3 is 2.65 bits per heavy atom. The summed E-state index contributed by atoms with van der Waals surface area (Å²) in [6.07, 6.45) is 4.19. The molecule has 2 N–H and O–H groups in total. The molecule has 4 nitrogen and oxygen atoms in total. The molecule has 0 aromatic heterocycles. The summed E-state index contributed by atoms with van der Waals surface area (Å²) in [5.41, 5.74) is 0.895. The van der Waals surface area contributed by atoms with Gasteiger partial charge in [-0.25, -0.2) is 4.79 Å². The van der Waals surface area contributed by atoms with Crippen LogP contribution >= 0.6 is 0 Å². The molecule has 0 aliphatic heterocycles. The number of rotatable bonds is 6. The van der Waals surface area contributed by atoms with Crippen molar-refractivity contribution in [2.24, 2.45) is 5.92 Å². The minimum atomic E-state index is -0.427. The van der Waals surface area contributed by atoms with Crippen LogP contribution in [0.15, 0.2) is 30.3 Å². The lowest BCUT2D eigenvalue weighted by atomic mass is 10.0. The van der Waals surface area contributed by atoms with Crippen LogP contribution in [0.3, 0.4) is 0 Å². The Labute approximate surface area is 140 Å². The van der Waals surface area contributed by atoms with Gasteiger partial charge in [-0.2, -0.15) is 0 Å². The van der Waals surface area contributed by atoms with Crippen molar-refractivity contribution in [3.05, 3.63) is 35.9 Å². The van der Waals surface area contributed by atoms with Gasteiger partial charge >= 0.3 is 6.09 Å². The Morgan fingerprint density at radius 2 is 1.96 bits per heavy atom. The quantitative estimate of drug-likeness (QED) is 0.783. The highest BCUT2D eigenvalue weighted by Crippen LogP contribution is 2.28. The number of amides is 1. The van der Waals surface area contributed by atoms with Gasteiger partial charge in [0.05, 0.1) is 0 Å². The molecule has 0 spiro atoms. The monoisotopic (exact) mass is 318 g/mol. The van der Waals surface area contributed by atoms with Gasteiger partial charge in [0.25, 0.3) is 0 Å². The molecule has 1 fully saturated rings. The summed E-state index contributed by atoms with van der Waals surface area (Å²) in [5, 5.41) is 6.50. The zero-order chi connectivity index (χ0) is 16.7. The van der Waals surface area contributed by atoms with E-state index in [1.807, 2.05) is 26.8 Å². The highest BCUT2D eigenvalue weighted by molar-refractivity contribution is 5.68. The summed E-state index contributed by atoms with van der Waals surface area (Å²) in [4.78, 5) is 11.8. The molecule has 128 valence electrons. The number of carbonyl (C=O) groups is 1. The van der Waals surface area contributed by atoms with Crippen molar-refractivity contribution in [3.63, 3.8) is 0 Å². The minimum absolute atomic E-state index is 0.268. The van der Waals surface area contributed by atoms with Gasteiger partial charge in [0.15, 0.2) is 0 Å². The van der Waals surface area contributed by atoms with Crippen molar-refractivity contribution in [2.75, 3.05) is 6.54 Å². The number of hydrogen-bond acceptors (Lipinski definition) is 3. The SMILES string of the molecule is CC(C)(C)OC(=O)NC1CCC(CCNCc2ccccc2)C1. The zero-order valence-electron chi connectivity index (χ0n) is 14.6. The minimum Gasteiger partial charge on any atom is -0.444 e. The molecule has 1 aromatic rings. The largest absolute Gasteiger partial charge is 0.444 e. The molecule has 0 radical (unpaired) electrons. The normalized spacial score (nSPS) is 21.2. The van der Waals surface area contributed by atoms with Crippen molar-refractivity contribution >= 4 is 6.09 Å². The number of ether oxygens (including phenoxy) is 1. The van der Waals surface area contributed by atoms with Crippen LogP contribution in [0.2, 0.25) is 0 Å². The second-order valence-corrected chi connectivity index (χ2v) is 7.47. The van der Waals surface area contributed by atoms with Crippen LogP contribution in [-0.2, 0) is 11.3 Å². The smallest absolute Gasteiger partial charge is 0.407 e. The third-order valence-electron chi connectivity index (χ3n) is 4.16. The summed E-state index contributed by atoms with van der Waals surface area (Å²) >= 11 is 0. The van der Waals surface area contributed by atoms with Crippen molar-refractivity contribution in [3.8, 4) is 0 Å². The first-order chi connectivity index (χ1) is 10.9. The fourth-order valence-corrected chi connectivity index (χ4v) is 3.08. The van der Waals surface area contributed by atoms with Crippen molar-refractivity contribution < 1.29 is 9.53 Å². The maximum atomic E-state index is 11.8. The van der Waals surface area contributed by atoms with Gasteiger partial charge in [-0.15, -0.1) is 0 Å². The third-order valence-corrected chi connectivity index (χ3v) is 4.16. The maximum absolute atomic E-state index is 11.8. The van der Waals surface area contributed by atoms with Gasteiger partial charge in [0.2, 0.25) is 0 Å². The van der Waals surface area contributed by atoms with Crippen LogP contribution in [0.5, 0.6) is 0 Å². The van der Waals surface area contributed by atoms with Crippen LogP contribution in [-0.4, -0.2) is 24.3 Å². The molecule has 23 heavy (non-hydrogen) atoms. The van der Waals surface area contributed by atoms with E-state index in [0.29, 0.717) is 5.92 Å². The Hall–Kier alpha value is -1.55. The van der Waals surface area contributed by atoms with E-state index in [-0.39, 0.29) is 12.1 Å². The second kappa shape index (κ2) is 8.34. The van der Waals surface area contributed by atoms with E-state index in [2.05, 4.69) is 34.9 Å². The molecule has 4 heteroatoms. The fourth-order valence-electron chi connectivity index (χ4n) is 3.08. The molecule has 0 saturated heterocycles. The van der Waals surface area contributed by atoms with Gasteiger partial charge in [0, 0.05) is 12.6 Å². The van der Waals surface area contributed by atoms with E-state index in [1.165, 1.54) is 18.4 Å². The third kappa shape index (κ3) is 7.04. The summed E-state index contributed by atoms with van der Waals surface area (Å²) in [7, 11) is 0. The Morgan fingerprint density at radius 1 is 1.22 bits per heavy atom. The Bertz CT molecular complexity index is 482. The number of nitrogens with one attached hydrogen (secondary N) is 2. The van der Waals surface area contributed by atoms with E-state index in [1.54, 1.807) is 0 Å². The molecule has 1 aliphatic carbocycles. The first-order valence-corrected chi connectivity index (χ1v) is 8.66. The molecule has 1 aliphatic rings. The number of carbonyl (C=O) groups excluding carboxylic acids is 1. The molecule has 1 saturated carbocycles. The van der Waals surface area contributed by atoms with E-state index in [4.69, 9.17) is 4.74 Å². The first kappa shape index (κ1) is 17.8. The second-order valence-electron chi connectivity index (χ2n) is 7.47. The van der Waals surface area contributed by atoms with Gasteiger partial charge < -0.3 is 15.4 Å². The topological polar surface area (TPSA) is 50.4 Å². The molecule has 0 bridgehead atoms. The molecular weight excluding hydrogens is 288 g/mol. The van der Waals surface area contributed by atoms with Crippen molar-refractivity contribution in [1.82, 2.24) is 10.6 Å². The summed E-state index contributed by atoms with van der Waals surface area (Å²) in [6, 6.07) is 10.7. The maximum Gasteiger partial charge on any atom is 0.407 e. The van der Waals surface area contributed by atoms with Crippen LogP contribution in [0.25, 0.3) is 0 Å². The molecule has 2 unspecified atom stereocenters.